The molecule has 0 spiro atoms. The molecule has 1 aromatic rings. The van der Waals surface area contributed by atoms with Crippen LogP contribution >= 0.6 is 27.5 Å². The lowest BCUT2D eigenvalue weighted by molar-refractivity contribution is 1.23. The van der Waals surface area contributed by atoms with E-state index in [0.717, 1.165) is 22.1 Å². The summed E-state index contributed by atoms with van der Waals surface area (Å²) >= 11 is 9.31. The molecule has 0 bridgehead atoms. The summed E-state index contributed by atoms with van der Waals surface area (Å²) in [5.74, 6) is 0.617. The zero-order valence-electron chi connectivity index (χ0n) is 8.14. The van der Waals surface area contributed by atoms with Gasteiger partial charge in [-0.1, -0.05) is 18.5 Å². The molecule has 0 atom stereocenters. The van der Waals surface area contributed by atoms with Gasteiger partial charge in [-0.2, -0.15) is 0 Å². The van der Waals surface area contributed by atoms with E-state index in [1.54, 1.807) is 0 Å². The molecule has 0 fully saturated rings. The standard InChI is InChI=1S/C10H12BrClN2/c1-3-10(13)14-9-5-8(12)7(11)4-6(9)2/h4-5H,3H2,1-2H3,(H2,13,14). The lowest BCUT2D eigenvalue weighted by Crippen LogP contribution is -2.08. The van der Waals surface area contributed by atoms with Crippen LogP contribution in [0.4, 0.5) is 5.69 Å². The third kappa shape index (κ3) is 2.72. The van der Waals surface area contributed by atoms with Crippen molar-refractivity contribution in [1.29, 1.82) is 0 Å². The Kier molecular flexibility index (Phi) is 3.96. The minimum atomic E-state index is 0.617. The molecule has 4 heteroatoms. The Balaban J connectivity index is 3.16. The second-order valence-electron chi connectivity index (χ2n) is 3.01. The van der Waals surface area contributed by atoms with Crippen molar-refractivity contribution in [3.63, 3.8) is 0 Å². The molecule has 0 aliphatic heterocycles. The number of benzene rings is 1. The van der Waals surface area contributed by atoms with Crippen molar-refractivity contribution in [2.75, 3.05) is 0 Å². The summed E-state index contributed by atoms with van der Waals surface area (Å²) in [4.78, 5) is 4.27. The first-order valence-electron chi connectivity index (χ1n) is 4.33. The maximum atomic E-state index is 5.96. The highest BCUT2D eigenvalue weighted by molar-refractivity contribution is 9.10. The second kappa shape index (κ2) is 4.80. The summed E-state index contributed by atoms with van der Waals surface area (Å²) < 4.78 is 0.880. The van der Waals surface area contributed by atoms with E-state index in [9.17, 15) is 0 Å². The van der Waals surface area contributed by atoms with Gasteiger partial charge in [0.2, 0.25) is 0 Å². The molecular weight excluding hydrogens is 263 g/mol. The molecule has 0 saturated carbocycles. The Morgan fingerprint density at radius 2 is 2.21 bits per heavy atom. The van der Waals surface area contributed by atoms with Crippen LogP contribution in [0.25, 0.3) is 0 Å². The first-order chi connectivity index (χ1) is 6.54. The van der Waals surface area contributed by atoms with Crippen LogP contribution in [0.3, 0.4) is 0 Å². The second-order valence-corrected chi connectivity index (χ2v) is 4.27. The van der Waals surface area contributed by atoms with Crippen molar-refractivity contribution in [3.8, 4) is 0 Å². The van der Waals surface area contributed by atoms with Crippen LogP contribution in [-0.2, 0) is 0 Å². The predicted molar refractivity (Wildman–Crippen MR) is 65.5 cm³/mol. The molecular formula is C10H12BrClN2. The van der Waals surface area contributed by atoms with Gasteiger partial charge in [0, 0.05) is 10.9 Å². The topological polar surface area (TPSA) is 38.4 Å². The van der Waals surface area contributed by atoms with Gasteiger partial charge in [-0.15, -0.1) is 0 Å². The van der Waals surface area contributed by atoms with Crippen LogP contribution in [0.2, 0.25) is 5.02 Å². The molecule has 0 aliphatic carbocycles. The van der Waals surface area contributed by atoms with Crippen molar-refractivity contribution < 1.29 is 0 Å². The minimum Gasteiger partial charge on any atom is -0.387 e. The number of amidine groups is 1. The number of hydrogen-bond donors (Lipinski definition) is 1. The van der Waals surface area contributed by atoms with Crippen molar-refractivity contribution in [1.82, 2.24) is 0 Å². The zero-order chi connectivity index (χ0) is 10.7. The van der Waals surface area contributed by atoms with Gasteiger partial charge in [0.15, 0.2) is 0 Å². The average Bonchev–Trinajstić information content (AvgIpc) is 2.14. The highest BCUT2D eigenvalue weighted by Gasteiger charge is 2.03. The monoisotopic (exact) mass is 274 g/mol. The van der Waals surface area contributed by atoms with E-state index in [-0.39, 0.29) is 0 Å². The van der Waals surface area contributed by atoms with Crippen molar-refractivity contribution in [3.05, 3.63) is 27.2 Å². The molecule has 2 nitrogen and oxygen atoms in total. The van der Waals surface area contributed by atoms with E-state index in [1.165, 1.54) is 0 Å². The lowest BCUT2D eigenvalue weighted by Gasteiger charge is -2.04. The molecule has 0 radical (unpaired) electrons. The van der Waals surface area contributed by atoms with Crippen LogP contribution in [0.5, 0.6) is 0 Å². The first kappa shape index (κ1) is 11.5. The Labute approximate surface area is 97.3 Å². The molecule has 0 amide bonds. The summed E-state index contributed by atoms with van der Waals surface area (Å²) in [7, 11) is 0. The largest absolute Gasteiger partial charge is 0.387 e. The summed E-state index contributed by atoms with van der Waals surface area (Å²) in [5, 5.41) is 0.651. The molecule has 0 aliphatic rings. The van der Waals surface area contributed by atoms with E-state index < -0.39 is 0 Å². The van der Waals surface area contributed by atoms with Crippen molar-refractivity contribution >= 4 is 39.1 Å². The fourth-order valence-electron chi connectivity index (χ4n) is 0.990. The Morgan fingerprint density at radius 1 is 1.57 bits per heavy atom. The van der Waals surface area contributed by atoms with Gasteiger partial charge >= 0.3 is 0 Å². The highest BCUT2D eigenvalue weighted by atomic mass is 79.9. The fraction of sp³-hybridized carbons (Fsp3) is 0.300. The summed E-state index contributed by atoms with van der Waals surface area (Å²) in [5.41, 5.74) is 7.54. The third-order valence-corrected chi connectivity index (χ3v) is 3.06. The quantitative estimate of drug-likeness (QED) is 0.647. The van der Waals surface area contributed by atoms with Gasteiger partial charge in [-0.3, -0.25) is 0 Å². The van der Waals surface area contributed by atoms with E-state index in [0.29, 0.717) is 10.9 Å². The summed E-state index contributed by atoms with van der Waals surface area (Å²) in [6.45, 7) is 3.94. The molecule has 0 heterocycles. The number of nitrogens with zero attached hydrogens (tertiary/aromatic N) is 1. The number of rotatable bonds is 2. The van der Waals surface area contributed by atoms with E-state index in [1.807, 2.05) is 26.0 Å². The van der Waals surface area contributed by atoms with Crippen LogP contribution in [-0.4, -0.2) is 5.84 Å². The van der Waals surface area contributed by atoms with Crippen LogP contribution in [0.15, 0.2) is 21.6 Å². The molecule has 76 valence electrons. The lowest BCUT2D eigenvalue weighted by atomic mass is 10.2. The summed E-state index contributed by atoms with van der Waals surface area (Å²) in [6, 6.07) is 3.74. The molecule has 14 heavy (non-hydrogen) atoms. The van der Waals surface area contributed by atoms with Gasteiger partial charge in [0.25, 0.3) is 0 Å². The van der Waals surface area contributed by atoms with Gasteiger partial charge in [0.05, 0.1) is 16.5 Å². The van der Waals surface area contributed by atoms with Crippen LogP contribution in [0.1, 0.15) is 18.9 Å². The van der Waals surface area contributed by atoms with Gasteiger partial charge < -0.3 is 5.73 Å². The molecule has 0 saturated heterocycles. The van der Waals surface area contributed by atoms with E-state index in [2.05, 4.69) is 20.9 Å². The Morgan fingerprint density at radius 3 is 2.79 bits per heavy atom. The maximum absolute atomic E-state index is 5.96. The Bertz CT molecular complexity index is 375. The number of nitrogens with two attached hydrogens (primary N) is 1. The van der Waals surface area contributed by atoms with Gasteiger partial charge in [-0.05, 0) is 40.5 Å². The van der Waals surface area contributed by atoms with Crippen LogP contribution in [0, 0.1) is 6.92 Å². The third-order valence-electron chi connectivity index (χ3n) is 1.87. The molecule has 1 aromatic carbocycles. The molecule has 0 aromatic heterocycles. The minimum absolute atomic E-state index is 0.617. The van der Waals surface area contributed by atoms with Gasteiger partial charge in [-0.25, -0.2) is 4.99 Å². The van der Waals surface area contributed by atoms with Crippen LogP contribution < -0.4 is 5.73 Å². The highest BCUT2D eigenvalue weighted by Crippen LogP contribution is 2.30. The normalized spacial score (nSPS) is 11.9. The zero-order valence-corrected chi connectivity index (χ0v) is 10.5. The molecule has 0 unspecified atom stereocenters. The smallest absolute Gasteiger partial charge is 0.0993 e. The number of aliphatic imine (C=N–C) groups is 1. The number of aryl methyl sites for hydroxylation is 1. The first-order valence-corrected chi connectivity index (χ1v) is 5.50. The number of hydrogen-bond acceptors (Lipinski definition) is 1. The predicted octanol–water partition coefficient (Wildman–Crippen LogP) is 3.81. The van der Waals surface area contributed by atoms with Gasteiger partial charge in [0.1, 0.15) is 0 Å². The maximum Gasteiger partial charge on any atom is 0.0993 e. The molecule has 1 rings (SSSR count). The fourth-order valence-corrected chi connectivity index (χ4v) is 1.61. The van der Waals surface area contributed by atoms with Crippen molar-refractivity contribution in [2.24, 2.45) is 10.7 Å². The SMILES string of the molecule is CCC(N)=Nc1cc(Cl)c(Br)cc1C. The summed E-state index contributed by atoms with van der Waals surface area (Å²) in [6.07, 6.45) is 0.743. The van der Waals surface area contributed by atoms with E-state index in [4.69, 9.17) is 17.3 Å². The average molecular weight is 276 g/mol. The van der Waals surface area contributed by atoms with Crippen molar-refractivity contribution in [2.45, 2.75) is 20.3 Å². The number of halogens is 2. The molecule has 2 N–H and O–H groups in total. The Hall–Kier alpha value is -0.540. The van der Waals surface area contributed by atoms with E-state index >= 15 is 0 Å².